The molecule has 0 fully saturated rings. The number of nitrogens with two attached hydrogens (primary N) is 1. The van der Waals surface area contributed by atoms with Crippen LogP contribution in [0.25, 0.3) is 0 Å². The highest BCUT2D eigenvalue weighted by atomic mass is 16.5. The van der Waals surface area contributed by atoms with Gasteiger partial charge >= 0.3 is 0 Å². The molecule has 6 heteroatoms. The number of allylic oxidation sites excluding steroid dienone is 6. The zero-order chi connectivity index (χ0) is 18.7. The van der Waals surface area contributed by atoms with Crippen molar-refractivity contribution >= 4 is 5.91 Å². The molecule has 2 atom stereocenters. The van der Waals surface area contributed by atoms with E-state index in [-0.39, 0.29) is 5.57 Å². The number of nitriles is 1. The predicted octanol–water partition coefficient (Wildman–Crippen LogP) is 2.13. The summed E-state index contributed by atoms with van der Waals surface area (Å²) in [6.45, 7) is 2.01. The third-order valence-electron chi connectivity index (χ3n) is 4.56. The lowest BCUT2D eigenvalue weighted by molar-refractivity contribution is -0.119. The van der Waals surface area contributed by atoms with Crippen LogP contribution in [0.5, 0.6) is 0 Å². The molecule has 26 heavy (non-hydrogen) atoms. The molecule has 0 saturated heterocycles. The molecule has 2 aliphatic carbocycles. The molecule has 1 amide bonds. The van der Waals surface area contributed by atoms with Gasteiger partial charge in [-0.3, -0.25) is 10.5 Å². The van der Waals surface area contributed by atoms with Crippen LogP contribution in [0.1, 0.15) is 19.8 Å². The lowest BCUT2D eigenvalue weighted by Crippen LogP contribution is -2.56. The normalized spacial score (nSPS) is 28.2. The summed E-state index contributed by atoms with van der Waals surface area (Å²) in [5.41, 5.74) is 6.85. The van der Waals surface area contributed by atoms with Crippen molar-refractivity contribution in [1.29, 1.82) is 5.26 Å². The van der Waals surface area contributed by atoms with Gasteiger partial charge in [-0.15, -0.1) is 0 Å². The highest BCUT2D eigenvalue weighted by Crippen LogP contribution is 2.33. The topological polar surface area (TPSA) is 91.4 Å². The zero-order valence-electron chi connectivity index (χ0n) is 14.9. The van der Waals surface area contributed by atoms with Crippen LogP contribution < -0.4 is 11.1 Å². The van der Waals surface area contributed by atoms with Crippen LogP contribution in [0, 0.1) is 11.3 Å². The molecule has 0 saturated carbocycles. The van der Waals surface area contributed by atoms with Crippen molar-refractivity contribution in [2.24, 2.45) is 5.73 Å². The fraction of sp³-hybridized carbons (Fsp3) is 0.300. The molecule has 2 unspecified atom stereocenters. The first kappa shape index (κ1) is 17.8. The van der Waals surface area contributed by atoms with E-state index in [0.717, 1.165) is 17.8 Å². The first-order valence-corrected chi connectivity index (χ1v) is 8.48. The molecule has 134 valence electrons. The standard InChI is InChI=1S/C20H22N4O2/c1-20(26-15-7-5-3-4-6-8-15)11-9-14(10-12-20)17-16(13-21)18(25)23-19(22)24(17)2/h3-7,9-11,19H,8,12,22H2,1-2H3,(H,23,25). The number of carbonyl (C=O) groups excluding carboxylic acids is 1. The van der Waals surface area contributed by atoms with Crippen molar-refractivity contribution in [1.82, 2.24) is 10.2 Å². The Bertz CT molecular complexity index is 838. The largest absolute Gasteiger partial charge is 0.487 e. The third-order valence-corrected chi connectivity index (χ3v) is 4.56. The molecule has 0 aromatic carbocycles. The second-order valence-corrected chi connectivity index (χ2v) is 6.63. The van der Waals surface area contributed by atoms with Gasteiger partial charge in [0.25, 0.3) is 5.91 Å². The van der Waals surface area contributed by atoms with E-state index >= 15 is 0 Å². The highest BCUT2D eigenvalue weighted by Gasteiger charge is 2.33. The number of hydrogen-bond acceptors (Lipinski definition) is 5. The molecule has 3 aliphatic rings. The van der Waals surface area contributed by atoms with Crippen molar-refractivity contribution < 1.29 is 9.53 Å². The van der Waals surface area contributed by atoms with E-state index in [1.54, 1.807) is 11.9 Å². The van der Waals surface area contributed by atoms with Crippen LogP contribution >= 0.6 is 0 Å². The van der Waals surface area contributed by atoms with Gasteiger partial charge in [-0.1, -0.05) is 36.5 Å². The van der Waals surface area contributed by atoms with E-state index in [2.05, 4.69) is 5.32 Å². The summed E-state index contributed by atoms with van der Waals surface area (Å²) in [5.74, 6) is 0.446. The van der Waals surface area contributed by atoms with Crippen LogP contribution in [0.2, 0.25) is 0 Å². The maximum atomic E-state index is 12.1. The number of nitrogens with one attached hydrogen (secondary N) is 1. The second kappa shape index (κ2) is 7.06. The van der Waals surface area contributed by atoms with Gasteiger partial charge in [0, 0.05) is 19.9 Å². The van der Waals surface area contributed by atoms with Crippen LogP contribution in [0.3, 0.4) is 0 Å². The SMILES string of the molecule is CN1C(C2=CCC(C)(OC3=CC=CC=CC3)C=C2)=C(C#N)C(=O)NC1N. The number of carbonyl (C=O) groups is 1. The van der Waals surface area contributed by atoms with Gasteiger partial charge in [0.1, 0.15) is 23.0 Å². The molecule has 3 rings (SSSR count). The van der Waals surface area contributed by atoms with E-state index in [9.17, 15) is 10.1 Å². The van der Waals surface area contributed by atoms with Gasteiger partial charge in [0.15, 0.2) is 6.29 Å². The van der Waals surface area contributed by atoms with Crippen molar-refractivity contribution in [3.05, 3.63) is 71.2 Å². The average molecular weight is 350 g/mol. The summed E-state index contributed by atoms with van der Waals surface area (Å²) >= 11 is 0. The minimum Gasteiger partial charge on any atom is -0.487 e. The van der Waals surface area contributed by atoms with Gasteiger partial charge in [-0.25, -0.2) is 0 Å². The Hall–Kier alpha value is -3.04. The smallest absolute Gasteiger partial charge is 0.266 e. The van der Waals surface area contributed by atoms with Crippen molar-refractivity contribution in [2.75, 3.05) is 7.05 Å². The minimum atomic E-state index is -0.664. The van der Waals surface area contributed by atoms with E-state index in [1.165, 1.54) is 0 Å². The summed E-state index contributed by atoms with van der Waals surface area (Å²) in [4.78, 5) is 13.8. The third kappa shape index (κ3) is 3.48. The van der Waals surface area contributed by atoms with Gasteiger partial charge in [-0.05, 0) is 24.6 Å². The Balaban J connectivity index is 1.83. The minimum absolute atomic E-state index is 0.0661. The Kier molecular flexibility index (Phi) is 4.83. The summed E-state index contributed by atoms with van der Waals surface area (Å²) in [6.07, 6.45) is 16.5. The predicted molar refractivity (Wildman–Crippen MR) is 98.8 cm³/mol. The maximum absolute atomic E-state index is 12.1. The molecule has 0 bridgehead atoms. The first-order valence-electron chi connectivity index (χ1n) is 8.48. The number of nitrogens with zero attached hydrogens (tertiary/aromatic N) is 2. The molecular weight excluding hydrogens is 328 g/mol. The summed E-state index contributed by atoms with van der Waals surface area (Å²) in [5, 5.41) is 11.9. The van der Waals surface area contributed by atoms with Crippen LogP contribution in [-0.4, -0.2) is 29.7 Å². The Labute approximate surface area is 153 Å². The zero-order valence-corrected chi connectivity index (χ0v) is 14.9. The second-order valence-electron chi connectivity index (χ2n) is 6.63. The van der Waals surface area contributed by atoms with E-state index in [4.69, 9.17) is 10.5 Å². The monoisotopic (exact) mass is 350 g/mol. The molecule has 0 aromatic rings. The van der Waals surface area contributed by atoms with Crippen molar-refractivity contribution in [2.45, 2.75) is 31.7 Å². The Morgan fingerprint density at radius 3 is 2.92 bits per heavy atom. The lowest BCUT2D eigenvalue weighted by atomic mass is 9.90. The maximum Gasteiger partial charge on any atom is 0.266 e. The number of hydrogen-bond donors (Lipinski definition) is 2. The molecule has 0 spiro atoms. The molecule has 6 nitrogen and oxygen atoms in total. The lowest BCUT2D eigenvalue weighted by Gasteiger charge is -2.36. The first-order chi connectivity index (χ1) is 12.4. The van der Waals surface area contributed by atoms with Gasteiger partial charge < -0.3 is 15.0 Å². The van der Waals surface area contributed by atoms with E-state index in [1.807, 2.05) is 61.6 Å². The fourth-order valence-electron chi connectivity index (χ4n) is 3.08. The van der Waals surface area contributed by atoms with Crippen LogP contribution in [0.4, 0.5) is 0 Å². The quantitative estimate of drug-likeness (QED) is 0.814. The fourth-order valence-corrected chi connectivity index (χ4v) is 3.08. The number of rotatable bonds is 3. The van der Waals surface area contributed by atoms with Crippen LogP contribution in [-0.2, 0) is 9.53 Å². The summed E-state index contributed by atoms with van der Waals surface area (Å²) in [7, 11) is 1.75. The Morgan fingerprint density at radius 1 is 1.42 bits per heavy atom. The van der Waals surface area contributed by atoms with Gasteiger partial charge in [-0.2, -0.15) is 5.26 Å². The van der Waals surface area contributed by atoms with Gasteiger partial charge in [0.05, 0.1) is 5.70 Å². The summed E-state index contributed by atoms with van der Waals surface area (Å²) < 4.78 is 6.19. The Morgan fingerprint density at radius 2 is 2.23 bits per heavy atom. The number of ether oxygens (including phenoxy) is 1. The van der Waals surface area contributed by atoms with Crippen molar-refractivity contribution in [3.8, 4) is 6.07 Å². The van der Waals surface area contributed by atoms with E-state index < -0.39 is 17.8 Å². The van der Waals surface area contributed by atoms with Crippen molar-refractivity contribution in [3.63, 3.8) is 0 Å². The molecule has 0 aromatic heterocycles. The number of amides is 1. The molecular formula is C20H22N4O2. The molecule has 1 aliphatic heterocycles. The van der Waals surface area contributed by atoms with E-state index in [0.29, 0.717) is 12.1 Å². The highest BCUT2D eigenvalue weighted by molar-refractivity contribution is 5.99. The molecule has 1 heterocycles. The van der Waals surface area contributed by atoms with Gasteiger partial charge in [0.2, 0.25) is 0 Å². The average Bonchev–Trinajstić information content (AvgIpc) is 2.87. The molecule has 3 N–H and O–H groups in total. The number of likely N-dealkylation sites (N-methyl/N-ethyl adjacent to an activating group) is 1. The molecule has 0 radical (unpaired) electrons. The summed E-state index contributed by atoms with van der Waals surface area (Å²) in [6, 6.07) is 1.99. The van der Waals surface area contributed by atoms with Crippen LogP contribution in [0.15, 0.2) is 71.2 Å².